The molecule has 2 fully saturated rings. The molecule has 0 bridgehead atoms. The third kappa shape index (κ3) is 5.84. The lowest BCUT2D eigenvalue weighted by Gasteiger charge is -2.32. The van der Waals surface area contributed by atoms with Crippen LogP contribution in [0, 0.1) is 0 Å². The van der Waals surface area contributed by atoms with Gasteiger partial charge in [-0.05, 0) is 45.1 Å². The van der Waals surface area contributed by atoms with E-state index in [0.717, 1.165) is 15.9 Å². The first-order chi connectivity index (χ1) is 15.4. The van der Waals surface area contributed by atoms with Crippen molar-refractivity contribution < 1.29 is 33.5 Å². The molecule has 3 rings (SSSR count). The zero-order chi connectivity index (χ0) is 24.4. The minimum Gasteiger partial charge on any atom is -0.465 e. The molecule has 2 heterocycles. The standard InChI is InChI=1S/C22H32BN3O7/c1-21(2)22(3,4)33-23(32-21)15-8-6-14(7-9-15)12-16(18(24)27)25-19(28)17-13-26(20(29)30)10-5-11-31-17/h6-9,16-17H,5,10-13H2,1-4H3,(H2,24,27)(H,25,28)(H,29,30)/t16-,17-/m0/s1. The summed E-state index contributed by atoms with van der Waals surface area (Å²) in [6, 6.07) is 6.41. The van der Waals surface area contributed by atoms with Crippen LogP contribution in [0.3, 0.4) is 0 Å². The van der Waals surface area contributed by atoms with Crippen molar-refractivity contribution in [3.05, 3.63) is 29.8 Å². The van der Waals surface area contributed by atoms with Gasteiger partial charge in [-0.1, -0.05) is 24.3 Å². The first-order valence-corrected chi connectivity index (χ1v) is 11.0. The second-order valence-electron chi connectivity index (χ2n) is 9.44. The highest BCUT2D eigenvalue weighted by Gasteiger charge is 2.51. The molecule has 2 aliphatic rings. The van der Waals surface area contributed by atoms with Crippen LogP contribution in [0.1, 0.15) is 39.7 Å². The predicted molar refractivity (Wildman–Crippen MR) is 121 cm³/mol. The monoisotopic (exact) mass is 461 g/mol. The number of carbonyl (C=O) groups excluding carboxylic acids is 2. The lowest BCUT2D eigenvalue weighted by atomic mass is 9.78. The summed E-state index contributed by atoms with van der Waals surface area (Å²) in [4.78, 5) is 37.1. The fraction of sp³-hybridized carbons (Fsp3) is 0.591. The third-order valence-corrected chi connectivity index (χ3v) is 6.45. The van der Waals surface area contributed by atoms with Gasteiger partial charge in [0, 0.05) is 19.6 Å². The lowest BCUT2D eigenvalue weighted by molar-refractivity contribution is -0.135. The van der Waals surface area contributed by atoms with E-state index >= 15 is 0 Å². The van der Waals surface area contributed by atoms with Crippen LogP contribution in [0.5, 0.6) is 0 Å². The van der Waals surface area contributed by atoms with Crippen molar-refractivity contribution in [2.75, 3.05) is 19.7 Å². The fourth-order valence-corrected chi connectivity index (χ4v) is 3.67. The summed E-state index contributed by atoms with van der Waals surface area (Å²) in [5.74, 6) is -1.26. The van der Waals surface area contributed by atoms with Crippen molar-refractivity contribution in [1.82, 2.24) is 10.2 Å². The van der Waals surface area contributed by atoms with Crippen LogP contribution in [-0.4, -0.2) is 78.1 Å². The SMILES string of the molecule is CC1(C)OB(c2ccc(C[C@H](NC(=O)[C@@H]3CN(C(=O)O)CCCO3)C(N)=O)cc2)OC1(C)C. The summed E-state index contributed by atoms with van der Waals surface area (Å²) < 4.78 is 17.6. The lowest BCUT2D eigenvalue weighted by Crippen LogP contribution is -2.52. The van der Waals surface area contributed by atoms with Gasteiger partial charge in [0.2, 0.25) is 5.91 Å². The normalized spacial score (nSPS) is 23.0. The van der Waals surface area contributed by atoms with Gasteiger partial charge < -0.3 is 35.1 Å². The highest BCUT2D eigenvalue weighted by Crippen LogP contribution is 2.36. The number of carboxylic acid groups (broad SMARTS) is 1. The Morgan fingerprint density at radius 3 is 2.33 bits per heavy atom. The Balaban J connectivity index is 1.63. The van der Waals surface area contributed by atoms with Gasteiger partial charge in [0.05, 0.1) is 17.7 Å². The number of primary amides is 1. The largest absolute Gasteiger partial charge is 0.494 e. The molecule has 4 N–H and O–H groups in total. The number of nitrogens with zero attached hydrogens (tertiary/aromatic N) is 1. The Morgan fingerprint density at radius 2 is 1.79 bits per heavy atom. The molecule has 0 spiro atoms. The number of ether oxygens (including phenoxy) is 1. The molecule has 1 aromatic rings. The first kappa shape index (κ1) is 25.0. The zero-order valence-electron chi connectivity index (χ0n) is 19.5. The highest BCUT2D eigenvalue weighted by atomic mass is 16.7. The van der Waals surface area contributed by atoms with E-state index in [2.05, 4.69) is 5.32 Å². The van der Waals surface area contributed by atoms with Crippen LogP contribution < -0.4 is 16.5 Å². The predicted octanol–water partition coefficient (Wildman–Crippen LogP) is 0.267. The van der Waals surface area contributed by atoms with Crippen molar-refractivity contribution >= 4 is 30.5 Å². The quantitative estimate of drug-likeness (QED) is 0.517. The number of hydrogen-bond donors (Lipinski definition) is 3. The fourth-order valence-electron chi connectivity index (χ4n) is 3.67. The molecule has 33 heavy (non-hydrogen) atoms. The number of hydrogen-bond acceptors (Lipinski definition) is 6. The van der Waals surface area contributed by atoms with Gasteiger partial charge in [0.15, 0.2) is 6.10 Å². The van der Waals surface area contributed by atoms with E-state index in [4.69, 9.17) is 19.8 Å². The van der Waals surface area contributed by atoms with Crippen molar-refractivity contribution in [3.63, 3.8) is 0 Å². The first-order valence-electron chi connectivity index (χ1n) is 11.0. The maximum Gasteiger partial charge on any atom is 0.494 e. The van der Waals surface area contributed by atoms with Gasteiger partial charge in [-0.2, -0.15) is 0 Å². The Kier molecular flexibility index (Phi) is 7.35. The molecule has 0 radical (unpaired) electrons. The molecule has 0 unspecified atom stereocenters. The molecule has 2 aliphatic heterocycles. The number of nitrogens with one attached hydrogen (secondary N) is 1. The van der Waals surface area contributed by atoms with E-state index < -0.39 is 48.4 Å². The van der Waals surface area contributed by atoms with E-state index in [1.54, 1.807) is 0 Å². The summed E-state index contributed by atoms with van der Waals surface area (Å²) in [5.41, 5.74) is 6.25. The van der Waals surface area contributed by atoms with Gasteiger partial charge in [0.25, 0.3) is 5.91 Å². The Bertz CT molecular complexity index is 874. The summed E-state index contributed by atoms with van der Waals surface area (Å²) in [6.45, 7) is 8.36. The third-order valence-electron chi connectivity index (χ3n) is 6.45. The maximum atomic E-state index is 12.7. The molecule has 11 heteroatoms. The molecular weight excluding hydrogens is 429 g/mol. The van der Waals surface area contributed by atoms with E-state index in [9.17, 15) is 19.5 Å². The Labute approximate surface area is 193 Å². The van der Waals surface area contributed by atoms with Crippen molar-refractivity contribution in [1.29, 1.82) is 0 Å². The van der Waals surface area contributed by atoms with Gasteiger partial charge in [-0.15, -0.1) is 0 Å². The summed E-state index contributed by atoms with van der Waals surface area (Å²) in [6.07, 6.45) is -1.45. The minimum atomic E-state index is -1.12. The van der Waals surface area contributed by atoms with E-state index in [-0.39, 0.29) is 26.1 Å². The smallest absolute Gasteiger partial charge is 0.465 e. The molecule has 2 atom stereocenters. The number of rotatable bonds is 6. The van der Waals surface area contributed by atoms with Crippen molar-refractivity contribution in [2.45, 2.75) is 63.9 Å². The van der Waals surface area contributed by atoms with Crippen LogP contribution >= 0.6 is 0 Å². The van der Waals surface area contributed by atoms with E-state index in [1.165, 1.54) is 0 Å². The Hall–Kier alpha value is -2.63. The number of amides is 3. The molecule has 0 aliphatic carbocycles. The number of nitrogens with two attached hydrogens (primary N) is 1. The van der Waals surface area contributed by atoms with Gasteiger partial charge >= 0.3 is 13.2 Å². The maximum absolute atomic E-state index is 12.7. The molecule has 0 aromatic heterocycles. The van der Waals surface area contributed by atoms with Gasteiger partial charge in [-0.25, -0.2) is 4.79 Å². The molecule has 10 nitrogen and oxygen atoms in total. The van der Waals surface area contributed by atoms with Crippen LogP contribution in [0.25, 0.3) is 0 Å². The molecule has 180 valence electrons. The van der Waals surface area contributed by atoms with Crippen molar-refractivity contribution in [2.24, 2.45) is 5.73 Å². The van der Waals surface area contributed by atoms with Crippen LogP contribution in [0.4, 0.5) is 4.79 Å². The molecule has 2 saturated heterocycles. The molecule has 3 amide bonds. The van der Waals surface area contributed by atoms with Gasteiger partial charge in [0.1, 0.15) is 6.04 Å². The van der Waals surface area contributed by atoms with Crippen LogP contribution in [-0.2, 0) is 30.1 Å². The number of benzene rings is 1. The topological polar surface area (TPSA) is 140 Å². The molecule has 0 saturated carbocycles. The molecule has 1 aromatic carbocycles. The summed E-state index contributed by atoms with van der Waals surface area (Å²) in [7, 11) is -0.500. The summed E-state index contributed by atoms with van der Waals surface area (Å²) >= 11 is 0. The molecular formula is C22H32BN3O7. The van der Waals surface area contributed by atoms with E-state index in [0.29, 0.717) is 6.42 Å². The second kappa shape index (κ2) is 9.70. The zero-order valence-corrected chi connectivity index (χ0v) is 19.5. The van der Waals surface area contributed by atoms with E-state index in [1.807, 2.05) is 52.0 Å². The highest BCUT2D eigenvalue weighted by molar-refractivity contribution is 6.62. The second-order valence-corrected chi connectivity index (χ2v) is 9.44. The Morgan fingerprint density at radius 1 is 1.18 bits per heavy atom. The van der Waals surface area contributed by atoms with Gasteiger partial charge in [-0.3, -0.25) is 9.59 Å². The average Bonchev–Trinajstić information content (AvgIpc) is 2.90. The average molecular weight is 461 g/mol. The van der Waals surface area contributed by atoms with Crippen molar-refractivity contribution in [3.8, 4) is 0 Å². The number of carbonyl (C=O) groups is 3. The van der Waals surface area contributed by atoms with Crippen LogP contribution in [0.2, 0.25) is 0 Å². The summed E-state index contributed by atoms with van der Waals surface area (Å²) in [5, 5.41) is 11.8. The minimum absolute atomic E-state index is 0.102. The van der Waals surface area contributed by atoms with Crippen LogP contribution in [0.15, 0.2) is 24.3 Å².